The van der Waals surface area contributed by atoms with E-state index in [2.05, 4.69) is 10.8 Å². The number of halogens is 3. The lowest BCUT2D eigenvalue weighted by Gasteiger charge is -2.16. The Bertz CT molecular complexity index is 750. The quantitative estimate of drug-likeness (QED) is 0.769. The number of hydrogen-bond acceptors (Lipinski definition) is 4. The van der Waals surface area contributed by atoms with Crippen LogP contribution in [-0.4, -0.2) is 25.4 Å². The molecule has 0 saturated carbocycles. The molecule has 0 atom stereocenters. The lowest BCUT2D eigenvalue weighted by Crippen LogP contribution is -2.16. The summed E-state index contributed by atoms with van der Waals surface area (Å²) in [5, 5.41) is 8.82. The van der Waals surface area contributed by atoms with Crippen LogP contribution in [0.5, 0.6) is 17.2 Å². The van der Waals surface area contributed by atoms with E-state index in [0.29, 0.717) is 24.5 Å². The molecule has 0 fully saturated rings. The molecule has 0 aliphatic rings. The van der Waals surface area contributed by atoms with Crippen LogP contribution in [0.2, 0.25) is 0 Å². The van der Waals surface area contributed by atoms with Crippen molar-refractivity contribution >= 4 is 0 Å². The summed E-state index contributed by atoms with van der Waals surface area (Å²) in [6.07, 6.45) is -4.43. The van der Waals surface area contributed by atoms with Crippen LogP contribution in [0, 0.1) is 11.3 Å². The monoisotopic (exact) mass is 350 g/mol. The highest BCUT2D eigenvalue weighted by Crippen LogP contribution is 2.30. The fourth-order valence-electron chi connectivity index (χ4n) is 2.23. The van der Waals surface area contributed by atoms with Crippen LogP contribution in [0.4, 0.5) is 13.2 Å². The molecule has 0 saturated heterocycles. The van der Waals surface area contributed by atoms with Gasteiger partial charge in [0.2, 0.25) is 0 Å². The number of rotatable bonds is 6. The molecule has 0 radical (unpaired) electrons. The van der Waals surface area contributed by atoms with Crippen molar-refractivity contribution in [1.82, 2.24) is 4.90 Å². The Kier molecular flexibility index (Phi) is 5.88. The zero-order chi connectivity index (χ0) is 18.4. The third-order valence-corrected chi connectivity index (χ3v) is 3.18. The van der Waals surface area contributed by atoms with E-state index in [1.54, 1.807) is 12.1 Å². The minimum Gasteiger partial charge on any atom is -0.457 e. The van der Waals surface area contributed by atoms with Crippen molar-refractivity contribution in [2.45, 2.75) is 19.3 Å². The van der Waals surface area contributed by atoms with Gasteiger partial charge in [-0.1, -0.05) is 6.07 Å². The van der Waals surface area contributed by atoms with Gasteiger partial charge < -0.3 is 14.4 Å². The van der Waals surface area contributed by atoms with Crippen LogP contribution in [0.3, 0.4) is 0 Å². The van der Waals surface area contributed by atoms with Gasteiger partial charge in [0.05, 0.1) is 12.5 Å². The van der Waals surface area contributed by atoms with Gasteiger partial charge in [-0.05, 0) is 56.1 Å². The van der Waals surface area contributed by atoms with Crippen LogP contribution < -0.4 is 9.47 Å². The van der Waals surface area contributed by atoms with Gasteiger partial charge in [0.15, 0.2) is 0 Å². The Morgan fingerprint density at radius 1 is 1.04 bits per heavy atom. The molecule has 0 heterocycles. The topological polar surface area (TPSA) is 45.5 Å². The highest BCUT2D eigenvalue weighted by Gasteiger charge is 2.31. The molecule has 0 N–H and O–H groups in total. The largest absolute Gasteiger partial charge is 0.573 e. The summed E-state index contributed by atoms with van der Waals surface area (Å²) in [6, 6.07) is 12.7. The van der Waals surface area contributed by atoms with Crippen molar-refractivity contribution in [3.05, 3.63) is 53.6 Å². The summed E-state index contributed by atoms with van der Waals surface area (Å²) in [6.45, 7) is 0.601. The van der Waals surface area contributed by atoms with Crippen LogP contribution in [-0.2, 0) is 13.0 Å². The van der Waals surface area contributed by atoms with E-state index in [0.717, 1.165) is 11.1 Å². The van der Waals surface area contributed by atoms with Crippen LogP contribution in [0.15, 0.2) is 42.5 Å². The van der Waals surface area contributed by atoms with Gasteiger partial charge in [-0.15, -0.1) is 13.2 Å². The maximum Gasteiger partial charge on any atom is 0.573 e. The van der Waals surface area contributed by atoms with E-state index in [4.69, 9.17) is 10.00 Å². The Morgan fingerprint density at radius 2 is 1.68 bits per heavy atom. The first-order valence-corrected chi connectivity index (χ1v) is 7.44. The fraction of sp³-hybridized carbons (Fsp3) is 0.278. The van der Waals surface area contributed by atoms with Crippen LogP contribution in [0.1, 0.15) is 11.1 Å². The number of nitriles is 1. The van der Waals surface area contributed by atoms with Gasteiger partial charge in [0, 0.05) is 12.1 Å². The number of ether oxygens (including phenoxy) is 2. The molecular formula is C18H17F3N2O2. The molecule has 4 nitrogen and oxygen atoms in total. The van der Waals surface area contributed by atoms with Crippen LogP contribution in [0.25, 0.3) is 0 Å². The van der Waals surface area contributed by atoms with E-state index in [-0.39, 0.29) is 5.75 Å². The summed E-state index contributed by atoms with van der Waals surface area (Å²) in [7, 11) is 3.81. The maximum absolute atomic E-state index is 12.2. The molecule has 0 aliphatic heterocycles. The third-order valence-electron chi connectivity index (χ3n) is 3.18. The van der Waals surface area contributed by atoms with Crippen molar-refractivity contribution in [2.24, 2.45) is 0 Å². The summed E-state index contributed by atoms with van der Waals surface area (Å²) < 4.78 is 46.2. The summed E-state index contributed by atoms with van der Waals surface area (Å²) in [5.41, 5.74) is 1.76. The Hall–Kier alpha value is -2.72. The summed E-state index contributed by atoms with van der Waals surface area (Å²) in [4.78, 5) is 1.96. The number of hydrogen-bond donors (Lipinski definition) is 0. The average Bonchev–Trinajstić information content (AvgIpc) is 2.50. The SMILES string of the molecule is CN(C)Cc1cc(CC#N)ccc1Oc1ccc(OC(F)(F)F)cc1. The van der Waals surface area contributed by atoms with Gasteiger partial charge in [0.1, 0.15) is 17.2 Å². The second-order valence-corrected chi connectivity index (χ2v) is 5.64. The van der Waals surface area contributed by atoms with Crippen LogP contribution >= 0.6 is 0 Å². The number of benzene rings is 2. The molecule has 0 spiro atoms. The molecule has 2 aromatic carbocycles. The first-order chi connectivity index (χ1) is 11.8. The maximum atomic E-state index is 12.2. The predicted octanol–water partition coefficient (Wildman–Crippen LogP) is 4.51. The molecule has 7 heteroatoms. The zero-order valence-corrected chi connectivity index (χ0v) is 13.8. The molecule has 2 rings (SSSR count). The van der Waals surface area contributed by atoms with Crippen molar-refractivity contribution in [3.8, 4) is 23.3 Å². The molecule has 0 bridgehead atoms. The number of alkyl halides is 3. The molecule has 25 heavy (non-hydrogen) atoms. The highest BCUT2D eigenvalue weighted by atomic mass is 19.4. The third kappa shape index (κ3) is 6.01. The minimum atomic E-state index is -4.72. The van der Waals surface area contributed by atoms with E-state index < -0.39 is 6.36 Å². The summed E-state index contributed by atoms with van der Waals surface area (Å²) >= 11 is 0. The van der Waals surface area contributed by atoms with E-state index in [9.17, 15) is 13.2 Å². The second kappa shape index (κ2) is 7.90. The molecule has 0 aliphatic carbocycles. The van der Waals surface area contributed by atoms with Gasteiger partial charge in [-0.2, -0.15) is 5.26 Å². The van der Waals surface area contributed by atoms with Crippen molar-refractivity contribution in [1.29, 1.82) is 5.26 Å². The lowest BCUT2D eigenvalue weighted by molar-refractivity contribution is -0.274. The number of nitrogens with zero attached hydrogens (tertiary/aromatic N) is 2. The highest BCUT2D eigenvalue weighted by molar-refractivity contribution is 5.42. The first-order valence-electron chi connectivity index (χ1n) is 7.44. The van der Waals surface area contributed by atoms with E-state index >= 15 is 0 Å². The van der Waals surface area contributed by atoms with Crippen molar-refractivity contribution in [2.75, 3.05) is 14.1 Å². The molecule has 2 aromatic rings. The molecular weight excluding hydrogens is 333 g/mol. The van der Waals surface area contributed by atoms with E-state index in [1.807, 2.05) is 25.1 Å². The van der Waals surface area contributed by atoms with Crippen molar-refractivity contribution in [3.63, 3.8) is 0 Å². The smallest absolute Gasteiger partial charge is 0.457 e. The molecule has 0 aromatic heterocycles. The summed E-state index contributed by atoms with van der Waals surface area (Å²) in [5.74, 6) is 0.667. The molecule has 0 amide bonds. The fourth-order valence-corrected chi connectivity index (χ4v) is 2.23. The first kappa shape index (κ1) is 18.6. The second-order valence-electron chi connectivity index (χ2n) is 5.64. The Balaban J connectivity index is 2.19. The van der Waals surface area contributed by atoms with Gasteiger partial charge in [-0.25, -0.2) is 0 Å². The van der Waals surface area contributed by atoms with E-state index in [1.165, 1.54) is 24.3 Å². The Labute approximate surface area is 144 Å². The minimum absolute atomic E-state index is 0.296. The predicted molar refractivity (Wildman–Crippen MR) is 86.3 cm³/mol. The van der Waals surface area contributed by atoms with Gasteiger partial charge >= 0.3 is 6.36 Å². The standard InChI is InChI=1S/C18H17F3N2O2/c1-23(2)12-14-11-13(9-10-22)3-8-17(14)24-15-4-6-16(7-5-15)25-18(19,20)21/h3-8,11H,9,12H2,1-2H3. The Morgan fingerprint density at radius 3 is 2.24 bits per heavy atom. The van der Waals surface area contributed by atoms with Gasteiger partial charge in [-0.3, -0.25) is 0 Å². The average molecular weight is 350 g/mol. The molecule has 0 unspecified atom stereocenters. The van der Waals surface area contributed by atoms with Gasteiger partial charge in [0.25, 0.3) is 0 Å². The molecule has 132 valence electrons. The van der Waals surface area contributed by atoms with Crippen molar-refractivity contribution < 1.29 is 22.6 Å². The lowest BCUT2D eigenvalue weighted by atomic mass is 10.1. The zero-order valence-electron chi connectivity index (χ0n) is 13.8. The normalized spacial score (nSPS) is 11.2.